The molecular formula is C12H21N3OS. The van der Waals surface area contributed by atoms with Crippen molar-refractivity contribution in [1.29, 1.82) is 0 Å². The molecule has 96 valence electrons. The van der Waals surface area contributed by atoms with Crippen LogP contribution >= 0.6 is 11.3 Å². The third-order valence-corrected chi connectivity index (χ3v) is 3.66. The molecule has 1 unspecified atom stereocenters. The highest BCUT2D eigenvalue weighted by Crippen LogP contribution is 2.18. The van der Waals surface area contributed by atoms with E-state index in [1.165, 1.54) is 12.8 Å². The predicted octanol–water partition coefficient (Wildman–Crippen LogP) is 0.996. The summed E-state index contributed by atoms with van der Waals surface area (Å²) in [6.45, 7) is 4.22. The van der Waals surface area contributed by atoms with Gasteiger partial charge in [0.15, 0.2) is 0 Å². The average Bonchev–Trinajstić information content (AvgIpc) is 3.00. The quantitative estimate of drug-likeness (QED) is 0.763. The summed E-state index contributed by atoms with van der Waals surface area (Å²) in [4.78, 5) is 6.54. The zero-order valence-electron chi connectivity index (χ0n) is 10.5. The highest BCUT2D eigenvalue weighted by molar-refractivity contribution is 7.09. The number of aryl methyl sites for hydroxylation is 1. The molecule has 1 saturated carbocycles. The number of aliphatic hydroxyl groups is 1. The van der Waals surface area contributed by atoms with Crippen LogP contribution in [0.15, 0.2) is 5.38 Å². The second-order valence-electron chi connectivity index (χ2n) is 4.89. The third kappa shape index (κ3) is 4.71. The molecule has 1 fully saturated rings. The van der Waals surface area contributed by atoms with Gasteiger partial charge in [0.2, 0.25) is 0 Å². The molecule has 4 nitrogen and oxygen atoms in total. The Morgan fingerprint density at radius 1 is 1.65 bits per heavy atom. The maximum atomic E-state index is 9.86. The first-order valence-electron chi connectivity index (χ1n) is 6.14. The molecule has 1 atom stereocenters. The van der Waals surface area contributed by atoms with Gasteiger partial charge in [-0.3, -0.25) is 4.90 Å². The number of rotatable bonds is 7. The molecule has 2 N–H and O–H groups in total. The molecule has 1 aliphatic carbocycles. The van der Waals surface area contributed by atoms with E-state index in [-0.39, 0.29) is 6.10 Å². The second kappa shape index (κ2) is 5.91. The molecule has 2 rings (SSSR count). The van der Waals surface area contributed by atoms with E-state index in [1.54, 1.807) is 11.3 Å². The van der Waals surface area contributed by atoms with Crippen LogP contribution in [0.2, 0.25) is 0 Å². The lowest BCUT2D eigenvalue weighted by molar-refractivity contribution is 0.120. The van der Waals surface area contributed by atoms with E-state index in [2.05, 4.69) is 20.6 Å². The standard InChI is InChI=1S/C12H21N3OS/c1-9-14-11(8-17-9)6-15(2)7-12(16)5-13-10-3-4-10/h8,10,12-13,16H,3-7H2,1-2H3. The lowest BCUT2D eigenvalue weighted by atomic mass is 10.3. The summed E-state index contributed by atoms with van der Waals surface area (Å²) in [7, 11) is 2.02. The minimum atomic E-state index is -0.291. The molecule has 1 heterocycles. The smallest absolute Gasteiger partial charge is 0.0897 e. The molecule has 17 heavy (non-hydrogen) atoms. The molecule has 0 bridgehead atoms. The van der Waals surface area contributed by atoms with Gasteiger partial charge in [0.05, 0.1) is 16.8 Å². The van der Waals surface area contributed by atoms with Crippen molar-refractivity contribution in [3.8, 4) is 0 Å². The summed E-state index contributed by atoms with van der Waals surface area (Å²) in [6.07, 6.45) is 2.24. The summed E-state index contributed by atoms with van der Waals surface area (Å²) in [5.74, 6) is 0. The monoisotopic (exact) mass is 255 g/mol. The molecule has 0 amide bonds. The van der Waals surface area contributed by atoms with Gasteiger partial charge < -0.3 is 10.4 Å². The van der Waals surface area contributed by atoms with Gasteiger partial charge in [0.1, 0.15) is 0 Å². The van der Waals surface area contributed by atoms with Crippen molar-refractivity contribution in [2.75, 3.05) is 20.1 Å². The van der Waals surface area contributed by atoms with Crippen molar-refractivity contribution in [3.05, 3.63) is 16.1 Å². The van der Waals surface area contributed by atoms with E-state index in [1.807, 2.05) is 14.0 Å². The maximum absolute atomic E-state index is 9.86. The summed E-state index contributed by atoms with van der Waals surface area (Å²) in [6, 6.07) is 0.663. The number of thiazole rings is 1. The topological polar surface area (TPSA) is 48.4 Å². The van der Waals surface area contributed by atoms with Crippen LogP contribution in [-0.4, -0.2) is 47.3 Å². The van der Waals surface area contributed by atoms with E-state index in [0.29, 0.717) is 19.1 Å². The second-order valence-corrected chi connectivity index (χ2v) is 5.95. The zero-order chi connectivity index (χ0) is 12.3. The Bertz CT molecular complexity index is 351. The molecule has 1 aromatic rings. The Kier molecular flexibility index (Phi) is 4.50. The van der Waals surface area contributed by atoms with Gasteiger partial charge >= 0.3 is 0 Å². The van der Waals surface area contributed by atoms with Crippen molar-refractivity contribution in [2.24, 2.45) is 0 Å². The average molecular weight is 255 g/mol. The number of nitrogens with one attached hydrogen (secondary N) is 1. The van der Waals surface area contributed by atoms with E-state index in [9.17, 15) is 5.11 Å². The Morgan fingerprint density at radius 2 is 2.41 bits per heavy atom. The van der Waals surface area contributed by atoms with Crippen LogP contribution in [0.3, 0.4) is 0 Å². The largest absolute Gasteiger partial charge is 0.390 e. The number of likely N-dealkylation sites (N-methyl/N-ethyl adjacent to an activating group) is 1. The van der Waals surface area contributed by atoms with Crippen molar-refractivity contribution in [2.45, 2.75) is 38.5 Å². The summed E-state index contributed by atoms with van der Waals surface area (Å²) in [5.41, 5.74) is 1.09. The highest BCUT2D eigenvalue weighted by Gasteiger charge is 2.21. The Morgan fingerprint density at radius 3 is 3.00 bits per heavy atom. The Balaban J connectivity index is 1.66. The van der Waals surface area contributed by atoms with E-state index >= 15 is 0 Å². The highest BCUT2D eigenvalue weighted by atomic mass is 32.1. The molecular weight excluding hydrogens is 234 g/mol. The first-order chi connectivity index (χ1) is 8.13. The van der Waals surface area contributed by atoms with Crippen molar-refractivity contribution in [3.63, 3.8) is 0 Å². The molecule has 0 radical (unpaired) electrons. The molecule has 5 heteroatoms. The van der Waals surface area contributed by atoms with Gasteiger partial charge in [-0.05, 0) is 26.8 Å². The first kappa shape index (κ1) is 13.0. The number of hydrogen-bond donors (Lipinski definition) is 2. The molecule has 0 aromatic carbocycles. The molecule has 1 aromatic heterocycles. The predicted molar refractivity (Wildman–Crippen MR) is 70.2 cm³/mol. The van der Waals surface area contributed by atoms with Gasteiger partial charge in [0, 0.05) is 31.1 Å². The van der Waals surface area contributed by atoms with Crippen LogP contribution in [0.25, 0.3) is 0 Å². The normalized spacial score (nSPS) is 17.6. The zero-order valence-corrected chi connectivity index (χ0v) is 11.3. The molecule has 0 saturated heterocycles. The fraction of sp³-hybridized carbons (Fsp3) is 0.750. The van der Waals surface area contributed by atoms with Gasteiger partial charge in [-0.1, -0.05) is 0 Å². The van der Waals surface area contributed by atoms with Crippen molar-refractivity contribution in [1.82, 2.24) is 15.2 Å². The summed E-state index contributed by atoms with van der Waals surface area (Å²) >= 11 is 1.68. The lowest BCUT2D eigenvalue weighted by Crippen LogP contribution is -2.37. The maximum Gasteiger partial charge on any atom is 0.0897 e. The fourth-order valence-electron chi connectivity index (χ4n) is 1.84. The van der Waals surface area contributed by atoms with Crippen LogP contribution in [0.4, 0.5) is 0 Å². The van der Waals surface area contributed by atoms with Gasteiger partial charge in [-0.2, -0.15) is 0 Å². The van der Waals surface area contributed by atoms with Crippen LogP contribution in [0.5, 0.6) is 0 Å². The minimum absolute atomic E-state index is 0.291. The van der Waals surface area contributed by atoms with Gasteiger partial charge in [0.25, 0.3) is 0 Å². The van der Waals surface area contributed by atoms with E-state index in [0.717, 1.165) is 17.2 Å². The van der Waals surface area contributed by atoms with E-state index in [4.69, 9.17) is 0 Å². The van der Waals surface area contributed by atoms with Gasteiger partial charge in [-0.15, -0.1) is 11.3 Å². The molecule has 1 aliphatic rings. The summed E-state index contributed by atoms with van der Waals surface area (Å²) < 4.78 is 0. The van der Waals surface area contributed by atoms with Crippen LogP contribution < -0.4 is 5.32 Å². The van der Waals surface area contributed by atoms with Crippen LogP contribution in [-0.2, 0) is 6.54 Å². The summed E-state index contributed by atoms with van der Waals surface area (Å²) in [5, 5.41) is 16.4. The van der Waals surface area contributed by atoms with Crippen LogP contribution in [0, 0.1) is 6.92 Å². The number of nitrogens with zero attached hydrogens (tertiary/aromatic N) is 2. The fourth-order valence-corrected chi connectivity index (χ4v) is 2.44. The minimum Gasteiger partial charge on any atom is -0.390 e. The van der Waals surface area contributed by atoms with E-state index < -0.39 is 0 Å². The van der Waals surface area contributed by atoms with Crippen molar-refractivity contribution >= 4 is 11.3 Å². The van der Waals surface area contributed by atoms with Crippen molar-refractivity contribution < 1.29 is 5.11 Å². The number of aliphatic hydroxyl groups excluding tert-OH is 1. The SMILES string of the molecule is Cc1nc(CN(C)CC(O)CNC2CC2)cs1. The Labute approximate surface area is 107 Å². The molecule has 0 aliphatic heterocycles. The van der Waals surface area contributed by atoms with Gasteiger partial charge in [-0.25, -0.2) is 4.98 Å². The lowest BCUT2D eigenvalue weighted by Gasteiger charge is -2.19. The Hall–Kier alpha value is -0.490. The molecule has 0 spiro atoms. The number of hydrogen-bond acceptors (Lipinski definition) is 5. The number of aromatic nitrogens is 1. The third-order valence-electron chi connectivity index (χ3n) is 2.84. The first-order valence-corrected chi connectivity index (χ1v) is 7.02. The van der Waals surface area contributed by atoms with Crippen LogP contribution in [0.1, 0.15) is 23.5 Å².